The number of piperidine rings is 1. The number of nitrogens with zero attached hydrogens (tertiary/aromatic N) is 7. The third-order valence-corrected chi connectivity index (χ3v) is 6.18. The zero-order chi connectivity index (χ0) is 23.5. The minimum atomic E-state index is 0.168. The highest BCUT2D eigenvalue weighted by molar-refractivity contribution is 5.65. The Morgan fingerprint density at radius 3 is 2.56 bits per heavy atom. The Morgan fingerprint density at radius 1 is 1.03 bits per heavy atom. The van der Waals surface area contributed by atoms with Gasteiger partial charge in [-0.2, -0.15) is 0 Å². The molecule has 174 valence electrons. The number of aryl methyl sites for hydroxylation is 2. The Kier molecular flexibility index (Phi) is 6.07. The Morgan fingerprint density at radius 2 is 1.88 bits per heavy atom. The van der Waals surface area contributed by atoms with Gasteiger partial charge in [-0.1, -0.05) is 6.07 Å². The fourth-order valence-electron chi connectivity index (χ4n) is 4.25. The molecule has 9 heteroatoms. The molecule has 1 aromatic carbocycles. The summed E-state index contributed by atoms with van der Waals surface area (Å²) < 4.78 is 1.80. The van der Waals surface area contributed by atoms with Crippen LogP contribution in [-0.2, 0) is 0 Å². The molecule has 1 saturated heterocycles. The topological polar surface area (TPSA) is 105 Å². The molecule has 9 nitrogen and oxygen atoms in total. The fraction of sp³-hybridized carbons (Fsp3) is 0.320. The summed E-state index contributed by atoms with van der Waals surface area (Å²) in [6, 6.07) is 9.34. The molecule has 1 fully saturated rings. The number of rotatable bonds is 6. The van der Waals surface area contributed by atoms with Gasteiger partial charge in [0.2, 0.25) is 0 Å². The number of phenolic OH excluding ortho intramolecular Hbond substituents is 1. The zero-order valence-corrected chi connectivity index (χ0v) is 19.4. The first kappa shape index (κ1) is 21.8. The average Bonchev–Trinajstić information content (AvgIpc) is 3.29. The molecular formula is C25H28N8O. The maximum absolute atomic E-state index is 10.5. The van der Waals surface area contributed by atoms with E-state index in [0.29, 0.717) is 17.3 Å². The maximum Gasteiger partial charge on any atom is 0.148 e. The van der Waals surface area contributed by atoms with E-state index in [-0.39, 0.29) is 5.75 Å². The molecule has 34 heavy (non-hydrogen) atoms. The number of nitrogens with one attached hydrogen (secondary N) is 1. The highest BCUT2D eigenvalue weighted by Gasteiger charge is 2.20. The lowest BCUT2D eigenvalue weighted by Gasteiger charge is -2.32. The number of anilines is 2. The maximum atomic E-state index is 10.5. The molecular weight excluding hydrogens is 428 g/mol. The van der Waals surface area contributed by atoms with Gasteiger partial charge < -0.3 is 19.9 Å². The van der Waals surface area contributed by atoms with E-state index in [0.717, 1.165) is 61.1 Å². The van der Waals surface area contributed by atoms with Crippen molar-refractivity contribution in [2.24, 2.45) is 5.92 Å². The predicted molar refractivity (Wildman–Crippen MR) is 131 cm³/mol. The second-order valence-electron chi connectivity index (χ2n) is 8.76. The van der Waals surface area contributed by atoms with Gasteiger partial charge in [0.25, 0.3) is 0 Å². The lowest BCUT2D eigenvalue weighted by molar-refractivity contribution is 0.421. The van der Waals surface area contributed by atoms with Crippen molar-refractivity contribution in [2.75, 3.05) is 29.9 Å². The lowest BCUT2D eigenvalue weighted by atomic mass is 9.97. The molecule has 0 bridgehead atoms. The monoisotopic (exact) mass is 456 g/mol. The quantitative estimate of drug-likeness (QED) is 0.452. The highest BCUT2D eigenvalue weighted by Crippen LogP contribution is 2.28. The van der Waals surface area contributed by atoms with Crippen molar-refractivity contribution in [3.63, 3.8) is 0 Å². The van der Waals surface area contributed by atoms with E-state index in [1.54, 1.807) is 23.2 Å². The van der Waals surface area contributed by atoms with Gasteiger partial charge in [0.1, 0.15) is 17.4 Å². The van der Waals surface area contributed by atoms with Crippen LogP contribution in [0.2, 0.25) is 0 Å². The summed E-state index contributed by atoms with van der Waals surface area (Å²) >= 11 is 0. The van der Waals surface area contributed by atoms with Crippen LogP contribution >= 0.6 is 0 Å². The van der Waals surface area contributed by atoms with Crippen LogP contribution in [-0.4, -0.2) is 54.5 Å². The van der Waals surface area contributed by atoms with Crippen LogP contribution in [0.3, 0.4) is 0 Å². The molecule has 3 aromatic heterocycles. The summed E-state index contributed by atoms with van der Waals surface area (Å²) in [6.45, 7) is 6.71. The average molecular weight is 457 g/mol. The van der Waals surface area contributed by atoms with Gasteiger partial charge in [0, 0.05) is 37.6 Å². The number of phenols is 1. The minimum Gasteiger partial charge on any atom is -0.506 e. The summed E-state index contributed by atoms with van der Waals surface area (Å²) in [5.41, 5.74) is 4.04. The lowest BCUT2D eigenvalue weighted by Crippen LogP contribution is -2.36. The zero-order valence-electron chi connectivity index (χ0n) is 19.4. The van der Waals surface area contributed by atoms with Gasteiger partial charge in [0.15, 0.2) is 0 Å². The van der Waals surface area contributed by atoms with Gasteiger partial charge >= 0.3 is 0 Å². The minimum absolute atomic E-state index is 0.168. The first-order valence-corrected chi connectivity index (χ1v) is 11.5. The Hall–Kier alpha value is -4.01. The normalized spacial score (nSPS) is 14.4. The Bertz CT molecular complexity index is 1260. The first-order valence-electron chi connectivity index (χ1n) is 11.5. The van der Waals surface area contributed by atoms with Gasteiger partial charge in [-0.3, -0.25) is 4.98 Å². The van der Waals surface area contributed by atoms with Crippen LogP contribution in [0.25, 0.3) is 16.9 Å². The molecule has 0 amide bonds. The largest absolute Gasteiger partial charge is 0.506 e. The number of imidazole rings is 1. The molecule has 0 radical (unpaired) electrons. The van der Waals surface area contributed by atoms with Crippen LogP contribution in [0.4, 0.5) is 11.6 Å². The summed E-state index contributed by atoms with van der Waals surface area (Å²) in [7, 11) is 0. The molecule has 0 atom stereocenters. The van der Waals surface area contributed by atoms with E-state index < -0.39 is 0 Å². The molecule has 1 aliphatic rings. The van der Waals surface area contributed by atoms with Gasteiger partial charge in [0.05, 0.1) is 35.3 Å². The van der Waals surface area contributed by atoms with Crippen molar-refractivity contribution in [2.45, 2.75) is 26.7 Å². The number of benzene rings is 1. The van der Waals surface area contributed by atoms with Gasteiger partial charge in [-0.15, -0.1) is 10.2 Å². The van der Waals surface area contributed by atoms with Crippen LogP contribution in [0.15, 0.2) is 55.2 Å². The summed E-state index contributed by atoms with van der Waals surface area (Å²) in [4.78, 5) is 15.4. The molecule has 5 rings (SSSR count). The van der Waals surface area contributed by atoms with Crippen molar-refractivity contribution in [1.82, 2.24) is 29.7 Å². The third-order valence-electron chi connectivity index (χ3n) is 6.18. The molecule has 0 saturated carbocycles. The molecule has 0 spiro atoms. The molecule has 0 aliphatic carbocycles. The Balaban J connectivity index is 1.16. The van der Waals surface area contributed by atoms with E-state index in [1.165, 1.54) is 0 Å². The third kappa shape index (κ3) is 4.83. The summed E-state index contributed by atoms with van der Waals surface area (Å²) in [5, 5.41) is 22.6. The fourth-order valence-corrected chi connectivity index (χ4v) is 4.25. The number of aromatic nitrogens is 6. The van der Waals surface area contributed by atoms with Crippen molar-refractivity contribution >= 4 is 11.6 Å². The van der Waals surface area contributed by atoms with Crippen molar-refractivity contribution in [3.05, 3.63) is 66.6 Å². The van der Waals surface area contributed by atoms with Crippen LogP contribution in [0.1, 0.15) is 24.2 Å². The number of hydrogen-bond acceptors (Lipinski definition) is 8. The van der Waals surface area contributed by atoms with Crippen LogP contribution < -0.4 is 10.2 Å². The number of aromatic hydroxyl groups is 1. The first-order chi connectivity index (χ1) is 16.5. The van der Waals surface area contributed by atoms with Gasteiger partial charge in [-0.05, 0) is 56.9 Å². The molecule has 0 unspecified atom stereocenters. The highest BCUT2D eigenvalue weighted by atomic mass is 16.3. The predicted octanol–water partition coefficient (Wildman–Crippen LogP) is 3.77. The Labute approximate surface area is 198 Å². The molecule has 1 aliphatic heterocycles. The van der Waals surface area contributed by atoms with Crippen molar-refractivity contribution in [1.29, 1.82) is 0 Å². The number of hydrogen-bond donors (Lipinski definition) is 2. The summed E-state index contributed by atoms with van der Waals surface area (Å²) in [5.74, 6) is 2.46. The van der Waals surface area contributed by atoms with E-state index in [1.807, 2.05) is 50.5 Å². The van der Waals surface area contributed by atoms with E-state index in [2.05, 4.69) is 35.4 Å². The van der Waals surface area contributed by atoms with E-state index in [4.69, 9.17) is 0 Å². The summed E-state index contributed by atoms with van der Waals surface area (Å²) in [6.07, 6.45) is 9.37. The van der Waals surface area contributed by atoms with Crippen LogP contribution in [0, 0.1) is 19.8 Å². The molecule has 2 N–H and O–H groups in total. The van der Waals surface area contributed by atoms with Crippen LogP contribution in [0.5, 0.6) is 5.75 Å². The van der Waals surface area contributed by atoms with Crippen molar-refractivity contribution in [3.8, 4) is 22.7 Å². The molecule has 4 heterocycles. The van der Waals surface area contributed by atoms with E-state index >= 15 is 0 Å². The molecule has 4 aromatic rings. The standard InChI is InChI=1S/C25H28N8O/c1-17-12-26-14-25(29-17)32-9-7-19(8-10-32)13-27-24-6-4-21(30-31-24)20-3-5-22(23(34)11-20)33-15-18(2)28-16-33/h3-6,11-12,14-16,19,34H,7-10,13H2,1-2H3,(H,27,31). The SMILES string of the molecule is Cc1cn(-c2ccc(-c3ccc(NCC4CCN(c5cncc(C)n5)CC4)nn3)cc2O)cn1. The van der Waals surface area contributed by atoms with Crippen molar-refractivity contribution < 1.29 is 5.11 Å². The smallest absolute Gasteiger partial charge is 0.148 e. The second kappa shape index (κ2) is 9.46. The van der Waals surface area contributed by atoms with E-state index in [9.17, 15) is 5.11 Å². The van der Waals surface area contributed by atoms with Gasteiger partial charge in [-0.25, -0.2) is 9.97 Å². The second-order valence-corrected chi connectivity index (χ2v) is 8.76.